The molecule has 28 heavy (non-hydrogen) atoms. The Morgan fingerprint density at radius 1 is 1.21 bits per heavy atom. The van der Waals surface area contributed by atoms with Crippen molar-refractivity contribution in [3.63, 3.8) is 0 Å². The third-order valence-electron chi connectivity index (χ3n) is 5.84. The molecule has 1 aliphatic carbocycles. The quantitative estimate of drug-likeness (QED) is 0.529. The SMILES string of the molecule is CCO[C@H]1C[C@H]2[C@@H](OC(=O)c3ccc(O)cc3)[C@H]3O[C@]3(CO)[C@H]2[C@@H](OCC)O1. The molecule has 1 aromatic rings. The number of hydrogen-bond acceptors (Lipinski definition) is 8. The molecule has 4 rings (SSSR count). The molecule has 0 spiro atoms. The van der Waals surface area contributed by atoms with Gasteiger partial charge in [-0.2, -0.15) is 0 Å². The van der Waals surface area contributed by atoms with Crippen LogP contribution in [-0.2, 0) is 23.7 Å². The third-order valence-corrected chi connectivity index (χ3v) is 5.84. The molecule has 2 saturated heterocycles. The van der Waals surface area contributed by atoms with Gasteiger partial charge in [0.25, 0.3) is 0 Å². The highest BCUT2D eigenvalue weighted by atomic mass is 16.8. The molecular weight excluding hydrogens is 368 g/mol. The number of phenols is 1. The molecule has 2 heterocycles. The number of carbonyl (C=O) groups is 1. The van der Waals surface area contributed by atoms with E-state index in [1.54, 1.807) is 0 Å². The molecule has 2 aliphatic heterocycles. The minimum Gasteiger partial charge on any atom is -0.508 e. The van der Waals surface area contributed by atoms with E-state index < -0.39 is 36.4 Å². The van der Waals surface area contributed by atoms with Gasteiger partial charge in [0, 0.05) is 25.6 Å². The van der Waals surface area contributed by atoms with Crippen LogP contribution >= 0.6 is 0 Å². The first-order chi connectivity index (χ1) is 13.5. The Labute approximate surface area is 163 Å². The molecular formula is C20H26O8. The van der Waals surface area contributed by atoms with Crippen LogP contribution in [0.15, 0.2) is 24.3 Å². The standard InChI is InChI=1S/C20H26O8/c1-3-24-14-9-13-15(19(26-14)25-4-2)20(10-21)17(28-20)16(13)27-18(23)11-5-7-12(22)8-6-11/h5-8,13-17,19,21-22H,3-4,9-10H2,1-2H3/t13-,14-,15-,16-,17-,19+,20-/m1/s1. The van der Waals surface area contributed by atoms with Crippen LogP contribution in [0.4, 0.5) is 0 Å². The van der Waals surface area contributed by atoms with Crippen LogP contribution in [0.5, 0.6) is 5.75 Å². The highest BCUT2D eigenvalue weighted by Gasteiger charge is 2.77. The van der Waals surface area contributed by atoms with Gasteiger partial charge in [0.15, 0.2) is 12.6 Å². The molecule has 154 valence electrons. The van der Waals surface area contributed by atoms with Crippen LogP contribution in [0, 0.1) is 11.8 Å². The number of phenolic OH excluding ortho intramolecular Hbond substituents is 1. The lowest BCUT2D eigenvalue weighted by atomic mass is 9.82. The lowest BCUT2D eigenvalue weighted by Gasteiger charge is -2.42. The second-order valence-corrected chi connectivity index (χ2v) is 7.34. The maximum absolute atomic E-state index is 12.6. The summed E-state index contributed by atoms with van der Waals surface area (Å²) in [6.07, 6.45) is -1.48. The number of benzene rings is 1. The highest BCUT2D eigenvalue weighted by Crippen LogP contribution is 2.61. The van der Waals surface area contributed by atoms with E-state index in [0.717, 1.165) is 0 Å². The molecule has 1 saturated carbocycles. The summed E-state index contributed by atoms with van der Waals surface area (Å²) in [5.41, 5.74) is -0.479. The first-order valence-corrected chi connectivity index (χ1v) is 9.71. The van der Waals surface area contributed by atoms with Crippen LogP contribution in [0.25, 0.3) is 0 Å². The zero-order valence-corrected chi connectivity index (χ0v) is 15.9. The van der Waals surface area contributed by atoms with Crippen molar-refractivity contribution in [2.24, 2.45) is 11.8 Å². The van der Waals surface area contributed by atoms with Gasteiger partial charge in [-0.05, 0) is 38.1 Å². The van der Waals surface area contributed by atoms with Crippen molar-refractivity contribution in [1.29, 1.82) is 0 Å². The third kappa shape index (κ3) is 3.19. The van der Waals surface area contributed by atoms with Gasteiger partial charge in [0.05, 0.1) is 18.1 Å². The topological polar surface area (TPSA) is 107 Å². The van der Waals surface area contributed by atoms with Crippen molar-refractivity contribution in [2.75, 3.05) is 19.8 Å². The molecule has 0 radical (unpaired) electrons. The number of epoxide rings is 1. The van der Waals surface area contributed by atoms with Crippen LogP contribution in [-0.4, -0.2) is 66.4 Å². The Balaban J connectivity index is 1.57. The molecule has 7 atom stereocenters. The zero-order valence-electron chi connectivity index (χ0n) is 15.9. The Bertz CT molecular complexity index is 707. The second-order valence-electron chi connectivity index (χ2n) is 7.34. The van der Waals surface area contributed by atoms with E-state index >= 15 is 0 Å². The van der Waals surface area contributed by atoms with Crippen molar-refractivity contribution in [3.8, 4) is 5.75 Å². The van der Waals surface area contributed by atoms with Crippen LogP contribution in [0.1, 0.15) is 30.6 Å². The lowest BCUT2D eigenvalue weighted by Crippen LogP contribution is -2.50. The Morgan fingerprint density at radius 2 is 1.93 bits per heavy atom. The Kier molecular flexibility index (Phi) is 5.32. The Hall–Kier alpha value is -1.71. The van der Waals surface area contributed by atoms with Crippen LogP contribution in [0.2, 0.25) is 0 Å². The van der Waals surface area contributed by atoms with E-state index in [9.17, 15) is 15.0 Å². The second kappa shape index (κ2) is 7.61. The maximum Gasteiger partial charge on any atom is 0.338 e. The summed E-state index contributed by atoms with van der Waals surface area (Å²) in [6.45, 7) is 4.49. The van der Waals surface area contributed by atoms with Gasteiger partial charge in [-0.3, -0.25) is 0 Å². The molecule has 0 bridgehead atoms. The van der Waals surface area contributed by atoms with Crippen molar-refractivity contribution >= 4 is 5.97 Å². The number of aromatic hydroxyl groups is 1. The summed E-state index contributed by atoms with van der Waals surface area (Å²) >= 11 is 0. The molecule has 3 fully saturated rings. The molecule has 3 aliphatic rings. The first kappa shape index (κ1) is 19.6. The average molecular weight is 394 g/mol. The Morgan fingerprint density at radius 3 is 2.57 bits per heavy atom. The predicted octanol–water partition coefficient (Wildman–Crippen LogP) is 1.44. The van der Waals surface area contributed by atoms with E-state index in [1.807, 2.05) is 13.8 Å². The van der Waals surface area contributed by atoms with Crippen molar-refractivity contribution in [1.82, 2.24) is 0 Å². The van der Waals surface area contributed by atoms with E-state index in [-0.39, 0.29) is 24.2 Å². The van der Waals surface area contributed by atoms with Gasteiger partial charge in [-0.1, -0.05) is 0 Å². The van der Waals surface area contributed by atoms with E-state index in [0.29, 0.717) is 25.2 Å². The largest absolute Gasteiger partial charge is 0.508 e. The van der Waals surface area contributed by atoms with Gasteiger partial charge < -0.3 is 33.9 Å². The normalized spacial score (nSPS) is 38.5. The number of aliphatic hydroxyl groups is 1. The summed E-state index contributed by atoms with van der Waals surface area (Å²) in [4.78, 5) is 12.6. The minimum atomic E-state index is -0.818. The number of aliphatic hydroxyl groups excluding tert-OH is 1. The average Bonchev–Trinajstić information content (AvgIpc) is 3.36. The molecule has 0 aromatic heterocycles. The van der Waals surface area contributed by atoms with Gasteiger partial charge in [0.2, 0.25) is 0 Å². The molecule has 2 N–H and O–H groups in total. The predicted molar refractivity (Wildman–Crippen MR) is 95.5 cm³/mol. The maximum atomic E-state index is 12.6. The van der Waals surface area contributed by atoms with E-state index in [4.69, 9.17) is 23.7 Å². The summed E-state index contributed by atoms with van der Waals surface area (Å²) < 4.78 is 29.0. The molecule has 0 unspecified atom stereocenters. The fourth-order valence-corrected chi connectivity index (χ4v) is 4.60. The van der Waals surface area contributed by atoms with Crippen LogP contribution in [0.3, 0.4) is 0 Å². The lowest BCUT2D eigenvalue weighted by molar-refractivity contribution is -0.309. The molecule has 8 nitrogen and oxygen atoms in total. The summed E-state index contributed by atoms with van der Waals surface area (Å²) in [5, 5.41) is 19.4. The number of carbonyl (C=O) groups excluding carboxylic acids is 1. The summed E-state index contributed by atoms with van der Waals surface area (Å²) in [6, 6.07) is 5.88. The molecule has 0 amide bonds. The van der Waals surface area contributed by atoms with Gasteiger partial charge in [-0.15, -0.1) is 0 Å². The summed E-state index contributed by atoms with van der Waals surface area (Å²) in [5.74, 6) is -0.795. The summed E-state index contributed by atoms with van der Waals surface area (Å²) in [7, 11) is 0. The number of rotatable bonds is 7. The monoisotopic (exact) mass is 394 g/mol. The fraction of sp³-hybridized carbons (Fsp3) is 0.650. The first-order valence-electron chi connectivity index (χ1n) is 9.71. The van der Waals surface area contributed by atoms with Crippen molar-refractivity contribution in [2.45, 2.75) is 50.7 Å². The number of ether oxygens (including phenoxy) is 5. The van der Waals surface area contributed by atoms with E-state index in [2.05, 4.69) is 0 Å². The van der Waals surface area contributed by atoms with Crippen molar-refractivity contribution < 1.29 is 38.7 Å². The minimum absolute atomic E-state index is 0.0749. The molecule has 1 aromatic carbocycles. The van der Waals surface area contributed by atoms with Gasteiger partial charge >= 0.3 is 5.97 Å². The number of fused-ring (bicyclic) bond motifs is 3. The fourth-order valence-electron chi connectivity index (χ4n) is 4.60. The van der Waals surface area contributed by atoms with Gasteiger partial charge in [0.1, 0.15) is 23.6 Å². The van der Waals surface area contributed by atoms with Gasteiger partial charge in [-0.25, -0.2) is 4.79 Å². The highest BCUT2D eigenvalue weighted by molar-refractivity contribution is 5.89. The van der Waals surface area contributed by atoms with Crippen molar-refractivity contribution in [3.05, 3.63) is 29.8 Å². The number of hydrogen-bond donors (Lipinski definition) is 2. The zero-order chi connectivity index (χ0) is 19.9. The molecule has 8 heteroatoms. The smallest absolute Gasteiger partial charge is 0.338 e. The number of esters is 1. The van der Waals surface area contributed by atoms with Crippen LogP contribution < -0.4 is 0 Å². The van der Waals surface area contributed by atoms with E-state index in [1.165, 1.54) is 24.3 Å².